The molecule has 174 valence electrons. The average Bonchev–Trinajstić information content (AvgIpc) is 3.35. The molecule has 2 amide bonds. The Morgan fingerprint density at radius 3 is 2.70 bits per heavy atom. The van der Waals surface area contributed by atoms with Crippen LogP contribution in [0.1, 0.15) is 36.9 Å². The molecule has 2 aromatic carbocycles. The monoisotopic (exact) mass is 452 g/mol. The highest BCUT2D eigenvalue weighted by Gasteiger charge is 2.33. The van der Waals surface area contributed by atoms with Crippen LogP contribution in [0.4, 0.5) is 4.79 Å². The summed E-state index contributed by atoms with van der Waals surface area (Å²) in [6.45, 7) is 2.90. The predicted octanol–water partition coefficient (Wildman–Crippen LogP) is 3.62. The third-order valence-corrected chi connectivity index (χ3v) is 5.67. The van der Waals surface area contributed by atoms with Crippen molar-refractivity contribution < 1.29 is 28.5 Å². The van der Waals surface area contributed by atoms with Gasteiger partial charge in [0.1, 0.15) is 13.2 Å². The Kier molecular flexibility index (Phi) is 7.14. The lowest BCUT2D eigenvalue weighted by atomic mass is 9.95. The smallest absolute Gasteiger partial charge is 0.338 e. The molecule has 0 spiro atoms. The normalized spacial score (nSPS) is 20.1. The molecule has 2 N–H and O–H groups in total. The van der Waals surface area contributed by atoms with Crippen LogP contribution in [0.2, 0.25) is 0 Å². The molecule has 8 nitrogen and oxygen atoms in total. The molecule has 0 unspecified atom stereocenters. The lowest BCUT2D eigenvalue weighted by molar-refractivity contribution is -0.142. The minimum atomic E-state index is -0.694. The third-order valence-electron chi connectivity index (χ3n) is 5.67. The minimum absolute atomic E-state index is 0.0848. The zero-order valence-electron chi connectivity index (χ0n) is 18.8. The first-order valence-electron chi connectivity index (χ1n) is 11.0. The van der Waals surface area contributed by atoms with E-state index < -0.39 is 18.0 Å². The van der Waals surface area contributed by atoms with E-state index in [-0.39, 0.29) is 12.7 Å². The van der Waals surface area contributed by atoms with Crippen molar-refractivity contribution in [2.24, 2.45) is 0 Å². The maximum absolute atomic E-state index is 13.0. The number of carbonyl (C=O) groups excluding carboxylic acids is 2. The second-order valence-corrected chi connectivity index (χ2v) is 7.99. The maximum Gasteiger partial charge on any atom is 0.338 e. The molecule has 0 aromatic heterocycles. The SMILES string of the molecule is COc1ccc([C@@H]2NC(=O)NC(C)=C2C(=O)OC[C@@H]2CCCO2)cc1OCc1ccccc1. The standard InChI is InChI=1S/C25H28N2O6/c1-16-22(24(28)33-15-19-9-6-12-31-19)23(27-25(29)26-16)18-10-11-20(30-2)21(13-18)32-14-17-7-4-3-5-8-17/h3-5,7-8,10-11,13,19,23H,6,9,12,14-15H2,1-2H3,(H2,26,27,29)/t19-,23-/m0/s1. The fraction of sp³-hybridized carbons (Fsp3) is 0.360. The molecule has 2 atom stereocenters. The Bertz CT molecular complexity index is 1030. The van der Waals surface area contributed by atoms with Crippen LogP contribution in [0, 0.1) is 0 Å². The summed E-state index contributed by atoms with van der Waals surface area (Å²) in [7, 11) is 1.56. The third kappa shape index (κ3) is 5.46. The van der Waals surface area contributed by atoms with Crippen molar-refractivity contribution in [2.75, 3.05) is 20.3 Å². The number of rotatable bonds is 8. The number of esters is 1. The molecule has 2 aromatic rings. The molecule has 33 heavy (non-hydrogen) atoms. The number of amides is 2. The van der Waals surface area contributed by atoms with Gasteiger partial charge in [-0.15, -0.1) is 0 Å². The Labute approximate surface area is 192 Å². The zero-order chi connectivity index (χ0) is 23.2. The molecule has 0 bridgehead atoms. The Morgan fingerprint density at radius 1 is 1.15 bits per heavy atom. The predicted molar refractivity (Wildman–Crippen MR) is 121 cm³/mol. The molecule has 0 saturated carbocycles. The van der Waals surface area contributed by atoms with Gasteiger partial charge in [-0.3, -0.25) is 0 Å². The van der Waals surface area contributed by atoms with Crippen molar-refractivity contribution in [3.05, 3.63) is 70.9 Å². The molecule has 1 fully saturated rings. The van der Waals surface area contributed by atoms with Gasteiger partial charge >= 0.3 is 12.0 Å². The van der Waals surface area contributed by atoms with Crippen molar-refractivity contribution >= 4 is 12.0 Å². The first-order chi connectivity index (χ1) is 16.0. The van der Waals surface area contributed by atoms with Crippen LogP contribution in [-0.2, 0) is 20.9 Å². The van der Waals surface area contributed by atoms with Crippen LogP contribution in [0.15, 0.2) is 59.8 Å². The Hall–Kier alpha value is -3.52. The van der Waals surface area contributed by atoms with Crippen molar-refractivity contribution in [3.8, 4) is 11.5 Å². The fourth-order valence-corrected chi connectivity index (χ4v) is 3.96. The molecule has 1 saturated heterocycles. The van der Waals surface area contributed by atoms with Crippen LogP contribution >= 0.6 is 0 Å². The van der Waals surface area contributed by atoms with Gasteiger partial charge in [0.05, 0.1) is 24.8 Å². The molecular formula is C25H28N2O6. The molecule has 2 heterocycles. The van der Waals surface area contributed by atoms with E-state index in [0.29, 0.717) is 41.5 Å². The summed E-state index contributed by atoms with van der Waals surface area (Å²) in [5, 5.41) is 5.49. The van der Waals surface area contributed by atoms with Crippen LogP contribution in [-0.4, -0.2) is 38.4 Å². The van der Waals surface area contributed by atoms with E-state index in [0.717, 1.165) is 18.4 Å². The second-order valence-electron chi connectivity index (χ2n) is 7.99. The van der Waals surface area contributed by atoms with E-state index in [4.69, 9.17) is 18.9 Å². The number of methoxy groups -OCH3 is 1. The molecule has 0 radical (unpaired) electrons. The number of carbonyl (C=O) groups is 2. The van der Waals surface area contributed by atoms with Gasteiger partial charge in [-0.25, -0.2) is 9.59 Å². The highest BCUT2D eigenvalue weighted by molar-refractivity contribution is 5.95. The summed E-state index contributed by atoms with van der Waals surface area (Å²) >= 11 is 0. The molecule has 8 heteroatoms. The van der Waals surface area contributed by atoms with E-state index in [1.54, 1.807) is 32.2 Å². The second kappa shape index (κ2) is 10.4. The highest BCUT2D eigenvalue weighted by atomic mass is 16.6. The lowest BCUT2D eigenvalue weighted by Gasteiger charge is -2.28. The number of urea groups is 1. The van der Waals surface area contributed by atoms with Gasteiger partial charge in [-0.1, -0.05) is 36.4 Å². The van der Waals surface area contributed by atoms with Gasteiger partial charge in [0.25, 0.3) is 0 Å². The van der Waals surface area contributed by atoms with Crippen LogP contribution in [0.3, 0.4) is 0 Å². The summed E-state index contributed by atoms with van der Waals surface area (Å²) in [6.07, 6.45) is 1.74. The summed E-state index contributed by atoms with van der Waals surface area (Å²) < 4.78 is 22.5. The van der Waals surface area contributed by atoms with E-state index in [1.807, 2.05) is 30.3 Å². The quantitative estimate of drug-likeness (QED) is 0.594. The number of hydrogen-bond acceptors (Lipinski definition) is 6. The molecular weight excluding hydrogens is 424 g/mol. The van der Waals surface area contributed by atoms with Gasteiger partial charge in [-0.2, -0.15) is 0 Å². The van der Waals surface area contributed by atoms with Crippen LogP contribution in [0.5, 0.6) is 11.5 Å². The van der Waals surface area contributed by atoms with Gasteiger partial charge in [0.2, 0.25) is 0 Å². The summed E-state index contributed by atoms with van der Waals surface area (Å²) in [5.41, 5.74) is 2.47. The summed E-state index contributed by atoms with van der Waals surface area (Å²) in [5.74, 6) is 0.567. The van der Waals surface area contributed by atoms with E-state index in [2.05, 4.69) is 10.6 Å². The van der Waals surface area contributed by atoms with Gasteiger partial charge < -0.3 is 29.6 Å². The largest absolute Gasteiger partial charge is 0.493 e. The number of nitrogens with one attached hydrogen (secondary N) is 2. The highest BCUT2D eigenvalue weighted by Crippen LogP contribution is 2.35. The maximum atomic E-state index is 13.0. The molecule has 4 rings (SSSR count). The van der Waals surface area contributed by atoms with E-state index >= 15 is 0 Å². The van der Waals surface area contributed by atoms with Crippen molar-refractivity contribution in [3.63, 3.8) is 0 Å². The van der Waals surface area contributed by atoms with Gasteiger partial charge in [0.15, 0.2) is 11.5 Å². The van der Waals surface area contributed by atoms with Gasteiger partial charge in [-0.05, 0) is 43.0 Å². The fourth-order valence-electron chi connectivity index (χ4n) is 3.96. The first-order valence-corrected chi connectivity index (χ1v) is 11.0. The number of hydrogen-bond donors (Lipinski definition) is 2. The van der Waals surface area contributed by atoms with E-state index in [9.17, 15) is 9.59 Å². The van der Waals surface area contributed by atoms with Crippen LogP contribution in [0.25, 0.3) is 0 Å². The summed E-state index contributed by atoms with van der Waals surface area (Å²) in [4.78, 5) is 25.2. The van der Waals surface area contributed by atoms with Crippen molar-refractivity contribution in [1.29, 1.82) is 0 Å². The molecule has 0 aliphatic carbocycles. The number of benzene rings is 2. The topological polar surface area (TPSA) is 95.1 Å². The van der Waals surface area contributed by atoms with E-state index in [1.165, 1.54) is 0 Å². The summed E-state index contributed by atoms with van der Waals surface area (Å²) in [6, 6.07) is 14.0. The Balaban J connectivity index is 1.57. The first kappa shape index (κ1) is 22.7. The zero-order valence-corrected chi connectivity index (χ0v) is 18.8. The average molecular weight is 453 g/mol. The minimum Gasteiger partial charge on any atom is -0.493 e. The molecule has 2 aliphatic heterocycles. The van der Waals surface area contributed by atoms with Crippen molar-refractivity contribution in [2.45, 2.75) is 38.5 Å². The van der Waals surface area contributed by atoms with Crippen LogP contribution < -0.4 is 20.1 Å². The number of ether oxygens (including phenoxy) is 4. The molecule has 2 aliphatic rings. The van der Waals surface area contributed by atoms with Gasteiger partial charge in [0, 0.05) is 12.3 Å². The Morgan fingerprint density at radius 2 is 1.97 bits per heavy atom. The number of allylic oxidation sites excluding steroid dienone is 1. The lowest BCUT2D eigenvalue weighted by Crippen LogP contribution is -2.45. The van der Waals surface area contributed by atoms with Crippen molar-refractivity contribution in [1.82, 2.24) is 10.6 Å².